The van der Waals surface area contributed by atoms with Gasteiger partial charge in [-0.25, -0.2) is 0 Å². The average Bonchev–Trinajstić information content (AvgIpc) is 2.36. The molecule has 102 valence electrons. The summed E-state index contributed by atoms with van der Waals surface area (Å²) in [6, 6.07) is 2.13. The number of likely N-dealkylation sites (N-methyl/N-ethyl adjacent to an activating group) is 1. The van der Waals surface area contributed by atoms with Gasteiger partial charge in [0.15, 0.2) is 0 Å². The minimum Gasteiger partial charge on any atom is -0.492 e. The highest BCUT2D eigenvalue weighted by molar-refractivity contribution is 5.26. The van der Waals surface area contributed by atoms with Gasteiger partial charge in [-0.3, -0.25) is 4.98 Å². The van der Waals surface area contributed by atoms with Gasteiger partial charge in [-0.15, -0.1) is 0 Å². The molecule has 1 aromatic rings. The lowest BCUT2D eigenvalue weighted by Crippen LogP contribution is -2.34. The van der Waals surface area contributed by atoms with Crippen LogP contribution in [0.15, 0.2) is 18.5 Å². The van der Waals surface area contributed by atoms with E-state index in [1.165, 1.54) is 0 Å². The van der Waals surface area contributed by atoms with Gasteiger partial charge in [0.1, 0.15) is 5.75 Å². The number of hydrogen-bond acceptors (Lipinski definition) is 4. The molecule has 0 aliphatic rings. The molecule has 0 fully saturated rings. The Morgan fingerprint density at radius 1 is 1.33 bits per heavy atom. The summed E-state index contributed by atoms with van der Waals surface area (Å²) in [6.45, 7) is 6.91. The van der Waals surface area contributed by atoms with Gasteiger partial charge in [0.05, 0.1) is 24.9 Å². The van der Waals surface area contributed by atoms with Gasteiger partial charge in [0.25, 0.3) is 0 Å². The lowest BCUT2D eigenvalue weighted by atomic mass is 9.94. The van der Waals surface area contributed by atoms with Crippen LogP contribution in [-0.4, -0.2) is 31.9 Å². The van der Waals surface area contributed by atoms with Gasteiger partial charge in [-0.1, -0.05) is 13.8 Å². The van der Waals surface area contributed by atoms with E-state index in [0.29, 0.717) is 12.5 Å². The van der Waals surface area contributed by atoms with Gasteiger partial charge >= 0.3 is 0 Å². The zero-order chi connectivity index (χ0) is 13.5. The number of aromatic nitrogens is 1. The summed E-state index contributed by atoms with van der Waals surface area (Å²) in [4.78, 5) is 4.23. The second-order valence-corrected chi connectivity index (χ2v) is 4.60. The number of nitrogens with one attached hydrogen (secondary N) is 1. The van der Waals surface area contributed by atoms with Gasteiger partial charge < -0.3 is 14.8 Å². The van der Waals surface area contributed by atoms with Crippen molar-refractivity contribution in [1.82, 2.24) is 10.3 Å². The van der Waals surface area contributed by atoms with Crippen molar-refractivity contribution in [3.8, 4) is 5.75 Å². The first-order valence-corrected chi connectivity index (χ1v) is 6.41. The summed E-state index contributed by atoms with van der Waals surface area (Å²) in [6.07, 6.45) is 3.70. The van der Waals surface area contributed by atoms with Crippen LogP contribution in [0.4, 0.5) is 0 Å². The molecule has 0 aliphatic heterocycles. The summed E-state index contributed by atoms with van der Waals surface area (Å²) in [5.41, 5.74) is 1.09. The molecule has 0 saturated heterocycles. The summed E-state index contributed by atoms with van der Waals surface area (Å²) in [5, 5.41) is 3.30. The van der Waals surface area contributed by atoms with Crippen molar-refractivity contribution in [3.63, 3.8) is 0 Å². The largest absolute Gasteiger partial charge is 0.492 e. The first-order chi connectivity index (χ1) is 8.63. The maximum absolute atomic E-state index is 5.59. The van der Waals surface area contributed by atoms with Crippen LogP contribution >= 0.6 is 0 Å². The van der Waals surface area contributed by atoms with E-state index < -0.39 is 0 Å². The number of hydrogen-bond donors (Lipinski definition) is 1. The molecule has 0 saturated carbocycles. The van der Waals surface area contributed by atoms with Crippen molar-refractivity contribution in [2.45, 2.75) is 32.9 Å². The van der Waals surface area contributed by atoms with Crippen LogP contribution in [0.25, 0.3) is 0 Å². The van der Waals surface area contributed by atoms with Crippen molar-refractivity contribution in [2.75, 3.05) is 20.8 Å². The number of pyridine rings is 1. The van der Waals surface area contributed by atoms with Crippen molar-refractivity contribution < 1.29 is 9.47 Å². The Kier molecular flexibility index (Phi) is 6.09. The Hall–Kier alpha value is -1.13. The van der Waals surface area contributed by atoms with E-state index in [9.17, 15) is 0 Å². The fraction of sp³-hybridized carbons (Fsp3) is 0.643. The highest BCUT2D eigenvalue weighted by atomic mass is 16.5. The van der Waals surface area contributed by atoms with Crippen molar-refractivity contribution >= 4 is 0 Å². The third kappa shape index (κ3) is 3.68. The van der Waals surface area contributed by atoms with Crippen LogP contribution < -0.4 is 10.1 Å². The molecule has 2 unspecified atom stereocenters. The summed E-state index contributed by atoms with van der Waals surface area (Å²) >= 11 is 0. The lowest BCUT2D eigenvalue weighted by molar-refractivity contribution is 0.0347. The molecule has 1 N–H and O–H groups in total. The fourth-order valence-electron chi connectivity index (χ4n) is 2.17. The minimum absolute atomic E-state index is 0.105. The standard InChI is InChI=1S/C14H24N2O2/c1-6-18-12-7-11(8-16-9-12)13(15-4)14(17-5)10(2)3/h7-10,13-15H,6H2,1-5H3. The zero-order valence-corrected chi connectivity index (χ0v) is 11.9. The summed E-state index contributed by atoms with van der Waals surface area (Å²) < 4.78 is 11.1. The molecule has 0 aromatic carbocycles. The van der Waals surface area contributed by atoms with E-state index in [1.54, 1.807) is 13.3 Å². The van der Waals surface area contributed by atoms with Crippen molar-refractivity contribution in [1.29, 1.82) is 0 Å². The van der Waals surface area contributed by atoms with Crippen LogP contribution in [0.2, 0.25) is 0 Å². The van der Waals surface area contributed by atoms with Crippen LogP contribution in [0, 0.1) is 5.92 Å². The van der Waals surface area contributed by atoms with Gasteiger partial charge in [0.2, 0.25) is 0 Å². The molecule has 1 rings (SSSR count). The van der Waals surface area contributed by atoms with Gasteiger partial charge in [-0.05, 0) is 31.5 Å². The Balaban J connectivity index is 2.96. The maximum atomic E-state index is 5.59. The third-order valence-corrected chi connectivity index (χ3v) is 2.97. The molecule has 1 heterocycles. The zero-order valence-electron chi connectivity index (χ0n) is 11.9. The summed E-state index contributed by atoms with van der Waals surface area (Å²) in [5.74, 6) is 1.22. The lowest BCUT2D eigenvalue weighted by Gasteiger charge is -2.29. The predicted molar refractivity (Wildman–Crippen MR) is 72.8 cm³/mol. The monoisotopic (exact) mass is 252 g/mol. The Bertz CT molecular complexity index is 355. The Morgan fingerprint density at radius 3 is 2.56 bits per heavy atom. The molecule has 0 spiro atoms. The SMILES string of the molecule is CCOc1cncc(C(NC)C(OC)C(C)C)c1. The first-order valence-electron chi connectivity index (χ1n) is 6.41. The summed E-state index contributed by atoms with van der Waals surface area (Å²) in [7, 11) is 3.68. The van der Waals surface area contributed by atoms with Crippen molar-refractivity contribution in [3.05, 3.63) is 24.0 Å². The third-order valence-electron chi connectivity index (χ3n) is 2.97. The molecule has 0 radical (unpaired) electrons. The molecule has 2 atom stereocenters. The van der Waals surface area contributed by atoms with Crippen LogP contribution in [0.5, 0.6) is 5.75 Å². The molecule has 0 aliphatic carbocycles. The van der Waals surface area contributed by atoms with E-state index in [4.69, 9.17) is 9.47 Å². The first kappa shape index (κ1) is 14.9. The van der Waals surface area contributed by atoms with Crippen LogP contribution in [0.3, 0.4) is 0 Å². The molecule has 0 bridgehead atoms. The minimum atomic E-state index is 0.105. The van der Waals surface area contributed by atoms with E-state index in [2.05, 4.69) is 24.1 Å². The molecule has 4 heteroatoms. The fourth-order valence-corrected chi connectivity index (χ4v) is 2.17. The number of ether oxygens (including phenoxy) is 2. The number of methoxy groups -OCH3 is 1. The number of rotatable bonds is 7. The molecule has 4 nitrogen and oxygen atoms in total. The number of nitrogens with zero attached hydrogens (tertiary/aromatic N) is 1. The Labute approximate surface area is 110 Å². The van der Waals surface area contributed by atoms with E-state index in [-0.39, 0.29) is 12.1 Å². The second kappa shape index (κ2) is 7.34. The highest BCUT2D eigenvalue weighted by Crippen LogP contribution is 2.25. The second-order valence-electron chi connectivity index (χ2n) is 4.60. The van der Waals surface area contributed by atoms with E-state index >= 15 is 0 Å². The topological polar surface area (TPSA) is 43.4 Å². The quantitative estimate of drug-likeness (QED) is 0.809. The van der Waals surface area contributed by atoms with E-state index in [0.717, 1.165) is 11.3 Å². The van der Waals surface area contributed by atoms with Gasteiger partial charge in [-0.2, -0.15) is 0 Å². The normalized spacial score (nSPS) is 14.6. The van der Waals surface area contributed by atoms with Crippen molar-refractivity contribution in [2.24, 2.45) is 5.92 Å². The Morgan fingerprint density at radius 2 is 2.06 bits per heavy atom. The highest BCUT2D eigenvalue weighted by Gasteiger charge is 2.25. The van der Waals surface area contributed by atoms with Crippen LogP contribution in [-0.2, 0) is 4.74 Å². The predicted octanol–water partition coefficient (Wildman–Crippen LogP) is 2.41. The molecule has 18 heavy (non-hydrogen) atoms. The maximum Gasteiger partial charge on any atom is 0.137 e. The van der Waals surface area contributed by atoms with Crippen LogP contribution in [0.1, 0.15) is 32.4 Å². The van der Waals surface area contributed by atoms with E-state index in [1.807, 2.05) is 26.2 Å². The van der Waals surface area contributed by atoms with Gasteiger partial charge in [0, 0.05) is 13.3 Å². The molecule has 1 aromatic heterocycles. The average molecular weight is 252 g/mol. The molecular weight excluding hydrogens is 228 g/mol. The smallest absolute Gasteiger partial charge is 0.137 e. The molecular formula is C14H24N2O2. The molecule has 0 amide bonds.